The van der Waals surface area contributed by atoms with Crippen molar-refractivity contribution < 1.29 is 14.4 Å². The van der Waals surface area contributed by atoms with E-state index in [1.54, 1.807) is 0 Å². The minimum atomic E-state index is -0.682. The van der Waals surface area contributed by atoms with Crippen molar-refractivity contribution in [3.63, 3.8) is 0 Å². The largest absolute Gasteiger partial charge is 0.350 e. The molecule has 138 valence electrons. The number of carbonyl (C=O) groups is 3. The Bertz CT molecular complexity index is 592. The van der Waals surface area contributed by atoms with Gasteiger partial charge in [0.25, 0.3) is 0 Å². The molecule has 0 aliphatic rings. The number of carbonyl (C=O) groups excluding carboxylic acids is 3. The van der Waals surface area contributed by atoms with E-state index < -0.39 is 6.04 Å². The number of hydrogen-bond acceptors (Lipinski definition) is 3. The summed E-state index contributed by atoms with van der Waals surface area (Å²) in [6.07, 6.45) is 0.210. The lowest BCUT2D eigenvalue weighted by atomic mass is 10.0. The Morgan fingerprint density at radius 2 is 1.60 bits per heavy atom. The van der Waals surface area contributed by atoms with E-state index in [1.807, 2.05) is 65.0 Å². The van der Waals surface area contributed by atoms with Crippen molar-refractivity contribution in [3.05, 3.63) is 35.9 Å². The zero-order valence-corrected chi connectivity index (χ0v) is 15.7. The lowest BCUT2D eigenvalue weighted by molar-refractivity contribution is -0.131. The van der Waals surface area contributed by atoms with Crippen LogP contribution in [-0.2, 0) is 20.8 Å². The maximum absolute atomic E-state index is 12.3. The van der Waals surface area contributed by atoms with Gasteiger partial charge in [-0.15, -0.1) is 0 Å². The molecule has 0 fully saturated rings. The van der Waals surface area contributed by atoms with Gasteiger partial charge in [-0.3, -0.25) is 14.4 Å². The molecule has 0 saturated carbocycles. The van der Waals surface area contributed by atoms with Crippen LogP contribution < -0.4 is 16.0 Å². The average molecular weight is 347 g/mol. The number of hydrogen-bond donors (Lipinski definition) is 3. The van der Waals surface area contributed by atoms with Crippen LogP contribution in [0.2, 0.25) is 0 Å². The molecule has 0 aromatic heterocycles. The molecule has 0 aliphatic heterocycles. The summed E-state index contributed by atoms with van der Waals surface area (Å²) in [5.41, 5.74) is 0.524. The van der Waals surface area contributed by atoms with E-state index in [0.717, 1.165) is 5.56 Å². The van der Waals surface area contributed by atoms with E-state index in [-0.39, 0.29) is 42.1 Å². The molecule has 6 nitrogen and oxygen atoms in total. The normalized spacial score (nSPS) is 12.4. The Morgan fingerprint density at radius 1 is 1.00 bits per heavy atom. The third-order valence-corrected chi connectivity index (χ3v) is 3.41. The van der Waals surface area contributed by atoms with E-state index >= 15 is 0 Å². The molecule has 1 aromatic carbocycles. The van der Waals surface area contributed by atoms with Crippen LogP contribution in [0.4, 0.5) is 0 Å². The molecule has 1 rings (SSSR count). The zero-order valence-electron chi connectivity index (χ0n) is 15.7. The Labute approximate surface area is 149 Å². The molecule has 3 N–H and O–H groups in total. The van der Waals surface area contributed by atoms with Gasteiger partial charge in [-0.2, -0.15) is 0 Å². The molecular formula is C19H29N3O3. The second kappa shape index (κ2) is 9.20. The van der Waals surface area contributed by atoms with Crippen molar-refractivity contribution in [2.75, 3.05) is 6.54 Å². The van der Waals surface area contributed by atoms with Gasteiger partial charge >= 0.3 is 0 Å². The van der Waals surface area contributed by atoms with Gasteiger partial charge in [0.05, 0.1) is 13.0 Å². The smallest absolute Gasteiger partial charge is 0.243 e. The van der Waals surface area contributed by atoms with Gasteiger partial charge in [0.15, 0.2) is 0 Å². The average Bonchev–Trinajstić information content (AvgIpc) is 2.49. The molecule has 0 bridgehead atoms. The maximum Gasteiger partial charge on any atom is 0.243 e. The molecule has 0 spiro atoms. The van der Waals surface area contributed by atoms with Crippen molar-refractivity contribution in [2.45, 2.75) is 52.6 Å². The molecular weight excluding hydrogens is 318 g/mol. The lowest BCUT2D eigenvalue weighted by Crippen LogP contribution is -2.53. The van der Waals surface area contributed by atoms with Gasteiger partial charge in [0.1, 0.15) is 6.04 Å². The summed E-state index contributed by atoms with van der Waals surface area (Å²) in [5, 5.41) is 8.12. The summed E-state index contributed by atoms with van der Waals surface area (Å²) in [6.45, 7) is 9.19. The minimum absolute atomic E-state index is 0.0922. The summed E-state index contributed by atoms with van der Waals surface area (Å²) in [5.74, 6) is -0.941. The lowest BCUT2D eigenvalue weighted by Gasteiger charge is -2.23. The first-order valence-electron chi connectivity index (χ1n) is 8.50. The Kier molecular flexibility index (Phi) is 7.61. The van der Waals surface area contributed by atoms with Crippen LogP contribution in [0.15, 0.2) is 30.3 Å². The quantitative estimate of drug-likeness (QED) is 0.697. The minimum Gasteiger partial charge on any atom is -0.350 e. The van der Waals surface area contributed by atoms with Crippen molar-refractivity contribution in [3.8, 4) is 0 Å². The highest BCUT2D eigenvalue weighted by molar-refractivity contribution is 5.91. The van der Waals surface area contributed by atoms with Gasteiger partial charge in [-0.25, -0.2) is 0 Å². The standard InChI is InChI=1S/C19H29N3O3/c1-13(2)17(18(25)20-12-16(24)22-19(3,4)5)21-15(23)11-14-9-7-6-8-10-14/h6-10,13,17H,11-12H2,1-5H3,(H,20,25)(H,21,23)(H,22,24)/t17-/m0/s1. The van der Waals surface area contributed by atoms with Crippen LogP contribution in [0.1, 0.15) is 40.2 Å². The summed E-state index contributed by atoms with van der Waals surface area (Å²) in [7, 11) is 0. The van der Waals surface area contributed by atoms with Gasteiger partial charge < -0.3 is 16.0 Å². The molecule has 1 aromatic rings. The van der Waals surface area contributed by atoms with E-state index in [4.69, 9.17) is 0 Å². The van der Waals surface area contributed by atoms with Crippen LogP contribution in [0, 0.1) is 5.92 Å². The SMILES string of the molecule is CC(C)[C@H](NC(=O)Cc1ccccc1)C(=O)NCC(=O)NC(C)(C)C. The highest BCUT2D eigenvalue weighted by Gasteiger charge is 2.25. The second-order valence-corrected chi connectivity index (χ2v) is 7.47. The Morgan fingerprint density at radius 3 is 2.12 bits per heavy atom. The van der Waals surface area contributed by atoms with E-state index in [2.05, 4.69) is 16.0 Å². The molecule has 0 heterocycles. The molecule has 6 heteroatoms. The van der Waals surface area contributed by atoms with E-state index in [1.165, 1.54) is 0 Å². The van der Waals surface area contributed by atoms with Crippen molar-refractivity contribution >= 4 is 17.7 Å². The van der Waals surface area contributed by atoms with Crippen LogP contribution in [0.3, 0.4) is 0 Å². The van der Waals surface area contributed by atoms with Gasteiger partial charge in [-0.05, 0) is 32.3 Å². The van der Waals surface area contributed by atoms with Crippen molar-refractivity contribution in [2.24, 2.45) is 5.92 Å². The first kappa shape index (κ1) is 20.7. The topological polar surface area (TPSA) is 87.3 Å². The zero-order chi connectivity index (χ0) is 19.0. The predicted octanol–water partition coefficient (Wildman–Crippen LogP) is 1.40. The van der Waals surface area contributed by atoms with Crippen LogP contribution in [-0.4, -0.2) is 35.8 Å². The van der Waals surface area contributed by atoms with Gasteiger partial charge in [0, 0.05) is 5.54 Å². The number of amides is 3. The van der Waals surface area contributed by atoms with Crippen LogP contribution in [0.5, 0.6) is 0 Å². The molecule has 3 amide bonds. The predicted molar refractivity (Wildman–Crippen MR) is 97.8 cm³/mol. The monoisotopic (exact) mass is 347 g/mol. The molecule has 1 atom stereocenters. The first-order valence-corrected chi connectivity index (χ1v) is 8.50. The fourth-order valence-electron chi connectivity index (χ4n) is 2.28. The second-order valence-electron chi connectivity index (χ2n) is 7.47. The fraction of sp³-hybridized carbons (Fsp3) is 0.526. The summed E-state index contributed by atoms with van der Waals surface area (Å²) in [6, 6.07) is 8.65. The first-order chi connectivity index (χ1) is 11.6. The van der Waals surface area contributed by atoms with Gasteiger partial charge in [0.2, 0.25) is 17.7 Å². The molecule has 25 heavy (non-hydrogen) atoms. The van der Waals surface area contributed by atoms with Crippen LogP contribution >= 0.6 is 0 Å². The van der Waals surface area contributed by atoms with Crippen molar-refractivity contribution in [1.82, 2.24) is 16.0 Å². The molecule has 0 unspecified atom stereocenters. The summed E-state index contributed by atoms with van der Waals surface area (Å²) < 4.78 is 0. The third kappa shape index (κ3) is 8.33. The third-order valence-electron chi connectivity index (χ3n) is 3.41. The molecule has 0 saturated heterocycles. The van der Waals surface area contributed by atoms with E-state index in [0.29, 0.717) is 0 Å². The summed E-state index contributed by atoms with van der Waals surface area (Å²) in [4.78, 5) is 36.3. The van der Waals surface area contributed by atoms with Crippen LogP contribution in [0.25, 0.3) is 0 Å². The van der Waals surface area contributed by atoms with Gasteiger partial charge in [-0.1, -0.05) is 44.2 Å². The highest BCUT2D eigenvalue weighted by atomic mass is 16.2. The highest BCUT2D eigenvalue weighted by Crippen LogP contribution is 2.05. The maximum atomic E-state index is 12.3. The molecule has 0 radical (unpaired) electrons. The summed E-state index contributed by atoms with van der Waals surface area (Å²) >= 11 is 0. The van der Waals surface area contributed by atoms with Crippen molar-refractivity contribution in [1.29, 1.82) is 0 Å². The fourth-order valence-corrected chi connectivity index (χ4v) is 2.28. The molecule has 0 aliphatic carbocycles. The Hall–Kier alpha value is -2.37. The number of benzene rings is 1. The van der Waals surface area contributed by atoms with E-state index in [9.17, 15) is 14.4 Å². The number of rotatable bonds is 7. The Balaban J connectivity index is 2.56. The number of nitrogens with one attached hydrogen (secondary N) is 3.